The molecule has 0 aliphatic rings. The van der Waals surface area contributed by atoms with Crippen molar-refractivity contribution < 1.29 is 0 Å². The summed E-state index contributed by atoms with van der Waals surface area (Å²) in [6.45, 7) is 11.5. The van der Waals surface area contributed by atoms with Crippen molar-refractivity contribution in [1.82, 2.24) is 14.3 Å². The molecule has 2 aromatic rings. The van der Waals surface area contributed by atoms with Gasteiger partial charge in [0.15, 0.2) is 4.96 Å². The standard InChI is InChI=1S/C15H23N3OS/c1-10-9-20-14-16-12(7-13(19)18(10)14)8-17(6)11(2)15(3,4)5/h7,9,11H,8H2,1-6H3/t11-/m1/s1. The highest BCUT2D eigenvalue weighted by Crippen LogP contribution is 2.24. The van der Waals surface area contributed by atoms with E-state index in [1.807, 2.05) is 12.3 Å². The molecule has 1 atom stereocenters. The van der Waals surface area contributed by atoms with Crippen molar-refractivity contribution >= 4 is 16.3 Å². The molecule has 0 amide bonds. The molecular weight excluding hydrogens is 270 g/mol. The number of aromatic nitrogens is 2. The van der Waals surface area contributed by atoms with Crippen LogP contribution < -0.4 is 5.56 Å². The number of nitrogens with zero attached hydrogens (tertiary/aromatic N) is 3. The van der Waals surface area contributed by atoms with E-state index in [0.29, 0.717) is 12.6 Å². The molecule has 0 N–H and O–H groups in total. The highest BCUT2D eigenvalue weighted by atomic mass is 32.1. The molecule has 0 saturated carbocycles. The lowest BCUT2D eigenvalue weighted by Crippen LogP contribution is -2.39. The molecule has 2 aromatic heterocycles. The fourth-order valence-electron chi connectivity index (χ4n) is 2.24. The maximum absolute atomic E-state index is 12.1. The Balaban J connectivity index is 2.29. The van der Waals surface area contributed by atoms with Crippen LogP contribution in [0.2, 0.25) is 0 Å². The molecule has 0 aromatic carbocycles. The van der Waals surface area contributed by atoms with Crippen LogP contribution in [0.3, 0.4) is 0 Å². The number of aryl methyl sites for hydroxylation is 1. The van der Waals surface area contributed by atoms with Crippen LogP contribution in [0.5, 0.6) is 0 Å². The molecule has 0 aliphatic carbocycles. The summed E-state index contributed by atoms with van der Waals surface area (Å²) in [5.41, 5.74) is 2.01. The predicted octanol–water partition coefficient (Wildman–Crippen LogP) is 2.93. The van der Waals surface area contributed by atoms with Crippen LogP contribution in [0.1, 0.15) is 39.1 Å². The van der Waals surface area contributed by atoms with E-state index < -0.39 is 0 Å². The Morgan fingerprint density at radius 2 is 2.10 bits per heavy atom. The van der Waals surface area contributed by atoms with Gasteiger partial charge in [-0.25, -0.2) is 4.98 Å². The van der Waals surface area contributed by atoms with Crippen LogP contribution in [-0.2, 0) is 6.54 Å². The summed E-state index contributed by atoms with van der Waals surface area (Å²) in [7, 11) is 2.08. The molecule has 110 valence electrons. The molecule has 5 heteroatoms. The molecular formula is C15H23N3OS. The number of fused-ring (bicyclic) bond motifs is 1. The van der Waals surface area contributed by atoms with Crippen molar-refractivity contribution in [2.45, 2.75) is 47.2 Å². The Morgan fingerprint density at radius 1 is 1.45 bits per heavy atom. The third-order valence-corrected chi connectivity index (χ3v) is 4.90. The van der Waals surface area contributed by atoms with Crippen molar-refractivity contribution in [3.05, 3.63) is 33.2 Å². The van der Waals surface area contributed by atoms with E-state index in [-0.39, 0.29) is 11.0 Å². The molecule has 4 nitrogen and oxygen atoms in total. The van der Waals surface area contributed by atoms with Crippen molar-refractivity contribution in [3.8, 4) is 0 Å². The van der Waals surface area contributed by atoms with E-state index in [4.69, 9.17) is 0 Å². The molecule has 20 heavy (non-hydrogen) atoms. The summed E-state index contributed by atoms with van der Waals surface area (Å²) < 4.78 is 1.67. The van der Waals surface area contributed by atoms with Gasteiger partial charge in [-0.1, -0.05) is 20.8 Å². The lowest BCUT2D eigenvalue weighted by atomic mass is 9.87. The normalized spacial score (nSPS) is 14.2. The molecule has 2 rings (SSSR count). The van der Waals surface area contributed by atoms with Crippen molar-refractivity contribution in [2.24, 2.45) is 5.41 Å². The monoisotopic (exact) mass is 293 g/mol. The topological polar surface area (TPSA) is 37.6 Å². The van der Waals surface area contributed by atoms with Crippen LogP contribution in [0.25, 0.3) is 4.96 Å². The zero-order valence-electron chi connectivity index (χ0n) is 13.1. The maximum atomic E-state index is 12.1. The number of thiazole rings is 1. The minimum Gasteiger partial charge on any atom is -0.297 e. The van der Waals surface area contributed by atoms with Gasteiger partial charge in [0.2, 0.25) is 0 Å². The Hall–Kier alpha value is -1.20. The summed E-state index contributed by atoms with van der Waals surface area (Å²) in [4.78, 5) is 19.8. The van der Waals surface area contributed by atoms with Gasteiger partial charge in [-0.2, -0.15) is 0 Å². The van der Waals surface area contributed by atoms with Crippen LogP contribution in [0.15, 0.2) is 16.2 Å². The van der Waals surface area contributed by atoms with Gasteiger partial charge in [0.25, 0.3) is 5.56 Å². The van der Waals surface area contributed by atoms with Crippen molar-refractivity contribution in [2.75, 3.05) is 7.05 Å². The Morgan fingerprint density at radius 3 is 2.70 bits per heavy atom. The van der Waals surface area contributed by atoms with Crippen LogP contribution in [0.4, 0.5) is 0 Å². The average molecular weight is 293 g/mol. The van der Waals surface area contributed by atoms with E-state index in [1.165, 1.54) is 11.3 Å². The quantitative estimate of drug-likeness (QED) is 0.873. The largest absolute Gasteiger partial charge is 0.297 e. The second-order valence-corrected chi connectivity index (χ2v) is 7.37. The van der Waals surface area contributed by atoms with Gasteiger partial charge in [-0.05, 0) is 26.3 Å². The summed E-state index contributed by atoms with van der Waals surface area (Å²) in [5.74, 6) is 0. The van der Waals surface area contributed by atoms with Gasteiger partial charge in [-0.15, -0.1) is 11.3 Å². The minimum absolute atomic E-state index is 0.0144. The van der Waals surface area contributed by atoms with Gasteiger partial charge in [0, 0.05) is 29.7 Å². The molecule has 0 fully saturated rings. The average Bonchev–Trinajstić information content (AvgIpc) is 2.69. The number of rotatable bonds is 3. The van der Waals surface area contributed by atoms with E-state index >= 15 is 0 Å². The second kappa shape index (κ2) is 5.30. The third-order valence-electron chi connectivity index (χ3n) is 3.95. The zero-order valence-corrected chi connectivity index (χ0v) is 13.9. The van der Waals surface area contributed by atoms with E-state index in [9.17, 15) is 4.79 Å². The first-order chi connectivity index (χ1) is 9.20. The van der Waals surface area contributed by atoms with Crippen LogP contribution >= 0.6 is 11.3 Å². The lowest BCUT2D eigenvalue weighted by Gasteiger charge is -2.35. The molecule has 0 aliphatic heterocycles. The maximum Gasteiger partial charge on any atom is 0.259 e. The zero-order chi connectivity index (χ0) is 15.1. The second-order valence-electron chi connectivity index (χ2n) is 6.54. The first kappa shape index (κ1) is 15.2. The Kier molecular flexibility index (Phi) is 4.02. The number of hydrogen-bond acceptors (Lipinski definition) is 4. The molecule has 0 radical (unpaired) electrons. The van der Waals surface area contributed by atoms with Gasteiger partial charge < -0.3 is 0 Å². The van der Waals surface area contributed by atoms with E-state index in [2.05, 4.69) is 44.6 Å². The van der Waals surface area contributed by atoms with Crippen LogP contribution in [-0.4, -0.2) is 27.4 Å². The fraction of sp³-hybridized carbons (Fsp3) is 0.600. The summed E-state index contributed by atoms with van der Waals surface area (Å²) >= 11 is 1.52. The van der Waals surface area contributed by atoms with Crippen molar-refractivity contribution in [3.63, 3.8) is 0 Å². The highest BCUT2D eigenvalue weighted by Gasteiger charge is 2.24. The number of hydrogen-bond donors (Lipinski definition) is 0. The van der Waals surface area contributed by atoms with Crippen LogP contribution in [0, 0.1) is 12.3 Å². The molecule has 0 unspecified atom stereocenters. The third kappa shape index (κ3) is 2.94. The smallest absolute Gasteiger partial charge is 0.259 e. The molecule has 0 saturated heterocycles. The first-order valence-corrected chi connectivity index (χ1v) is 7.75. The van der Waals surface area contributed by atoms with E-state index in [0.717, 1.165) is 16.3 Å². The minimum atomic E-state index is 0.0144. The fourth-order valence-corrected chi connectivity index (χ4v) is 3.13. The molecule has 0 bridgehead atoms. The molecule has 2 heterocycles. The van der Waals surface area contributed by atoms with Gasteiger partial charge in [0.1, 0.15) is 0 Å². The van der Waals surface area contributed by atoms with Crippen molar-refractivity contribution in [1.29, 1.82) is 0 Å². The lowest BCUT2D eigenvalue weighted by molar-refractivity contribution is 0.133. The summed E-state index contributed by atoms with van der Waals surface area (Å²) in [6.07, 6.45) is 0. The van der Waals surface area contributed by atoms with Gasteiger partial charge >= 0.3 is 0 Å². The highest BCUT2D eigenvalue weighted by molar-refractivity contribution is 7.15. The Bertz CT molecular complexity index is 666. The summed E-state index contributed by atoms with van der Waals surface area (Å²) in [5, 5.41) is 1.97. The van der Waals surface area contributed by atoms with Gasteiger partial charge in [0.05, 0.1) is 5.69 Å². The predicted molar refractivity (Wildman–Crippen MR) is 84.5 cm³/mol. The Labute approximate surface area is 124 Å². The summed E-state index contributed by atoms with van der Waals surface area (Å²) in [6, 6.07) is 2.06. The molecule has 0 spiro atoms. The van der Waals surface area contributed by atoms with Gasteiger partial charge in [-0.3, -0.25) is 14.1 Å². The SMILES string of the molecule is Cc1csc2nc(CN(C)[C@H](C)C(C)(C)C)cc(=O)n12. The first-order valence-electron chi connectivity index (χ1n) is 6.87. The van der Waals surface area contributed by atoms with E-state index in [1.54, 1.807) is 10.5 Å².